The highest BCUT2D eigenvalue weighted by Gasteiger charge is 2.20. The number of thioether (sulfide) groups is 1. The van der Waals surface area contributed by atoms with Crippen molar-refractivity contribution in [3.05, 3.63) is 28.7 Å². The summed E-state index contributed by atoms with van der Waals surface area (Å²) in [7, 11) is 0. The number of hydrogen-bond donors (Lipinski definition) is 1. The predicted molar refractivity (Wildman–Crippen MR) is 76.7 cm³/mol. The lowest BCUT2D eigenvalue weighted by Crippen LogP contribution is -2.40. The van der Waals surface area contributed by atoms with Gasteiger partial charge in [-0.3, -0.25) is 4.79 Å². The SMILES string of the molecule is O=C(CSc1cccc(Br)c1)N1CCC(O)CC1. The minimum Gasteiger partial charge on any atom is -0.393 e. The number of hydrogen-bond acceptors (Lipinski definition) is 3. The first-order valence-corrected chi connectivity index (χ1v) is 7.77. The molecular formula is C13H16BrNO2S. The van der Waals surface area contributed by atoms with Crippen molar-refractivity contribution in [3.8, 4) is 0 Å². The lowest BCUT2D eigenvalue weighted by molar-refractivity contribution is -0.130. The number of halogens is 1. The fraction of sp³-hybridized carbons (Fsp3) is 0.462. The number of nitrogens with zero attached hydrogens (tertiary/aromatic N) is 1. The van der Waals surface area contributed by atoms with E-state index in [1.54, 1.807) is 11.8 Å². The van der Waals surface area contributed by atoms with Crippen LogP contribution < -0.4 is 0 Å². The first-order chi connectivity index (χ1) is 8.65. The van der Waals surface area contributed by atoms with E-state index < -0.39 is 0 Å². The van der Waals surface area contributed by atoms with Crippen LogP contribution >= 0.6 is 27.7 Å². The maximum Gasteiger partial charge on any atom is 0.232 e. The number of piperidine rings is 1. The summed E-state index contributed by atoms with van der Waals surface area (Å²) in [6, 6.07) is 7.95. The molecule has 0 saturated carbocycles. The van der Waals surface area contributed by atoms with E-state index in [1.807, 2.05) is 29.2 Å². The molecule has 1 aliphatic heterocycles. The van der Waals surface area contributed by atoms with Gasteiger partial charge in [0.15, 0.2) is 0 Å². The van der Waals surface area contributed by atoms with Crippen molar-refractivity contribution in [3.63, 3.8) is 0 Å². The highest BCUT2D eigenvalue weighted by atomic mass is 79.9. The highest BCUT2D eigenvalue weighted by Crippen LogP contribution is 2.22. The van der Waals surface area contributed by atoms with E-state index in [9.17, 15) is 9.90 Å². The molecule has 1 amide bonds. The van der Waals surface area contributed by atoms with Gasteiger partial charge in [0.05, 0.1) is 11.9 Å². The molecule has 1 aromatic carbocycles. The van der Waals surface area contributed by atoms with Crippen LogP contribution in [-0.4, -0.2) is 40.9 Å². The van der Waals surface area contributed by atoms with Gasteiger partial charge in [0.25, 0.3) is 0 Å². The van der Waals surface area contributed by atoms with Gasteiger partial charge in [-0.05, 0) is 31.0 Å². The third-order valence-electron chi connectivity index (χ3n) is 2.98. The summed E-state index contributed by atoms with van der Waals surface area (Å²) in [6.45, 7) is 1.36. The highest BCUT2D eigenvalue weighted by molar-refractivity contribution is 9.10. The summed E-state index contributed by atoms with van der Waals surface area (Å²) in [4.78, 5) is 14.9. The van der Waals surface area contributed by atoms with Gasteiger partial charge in [0.1, 0.15) is 0 Å². The second-order valence-electron chi connectivity index (χ2n) is 4.36. The van der Waals surface area contributed by atoms with Crippen molar-refractivity contribution < 1.29 is 9.90 Å². The van der Waals surface area contributed by atoms with Gasteiger partial charge >= 0.3 is 0 Å². The van der Waals surface area contributed by atoms with Crippen molar-refractivity contribution in [2.75, 3.05) is 18.8 Å². The molecule has 0 aromatic heterocycles. The predicted octanol–water partition coefficient (Wildman–Crippen LogP) is 2.52. The monoisotopic (exact) mass is 329 g/mol. The number of amides is 1. The maximum absolute atomic E-state index is 12.0. The average Bonchev–Trinajstić information content (AvgIpc) is 2.37. The van der Waals surface area contributed by atoms with Crippen molar-refractivity contribution >= 4 is 33.6 Å². The second-order valence-corrected chi connectivity index (χ2v) is 6.32. The number of carbonyl (C=O) groups is 1. The van der Waals surface area contributed by atoms with Gasteiger partial charge in [-0.1, -0.05) is 22.0 Å². The summed E-state index contributed by atoms with van der Waals surface area (Å²) < 4.78 is 1.03. The van der Waals surface area contributed by atoms with Crippen LogP contribution in [0.15, 0.2) is 33.6 Å². The third-order valence-corrected chi connectivity index (χ3v) is 4.45. The Morgan fingerprint density at radius 2 is 2.17 bits per heavy atom. The van der Waals surface area contributed by atoms with Gasteiger partial charge in [-0.25, -0.2) is 0 Å². The lowest BCUT2D eigenvalue weighted by Gasteiger charge is -2.29. The Hall–Kier alpha value is -0.520. The first-order valence-electron chi connectivity index (χ1n) is 5.99. The van der Waals surface area contributed by atoms with E-state index in [1.165, 1.54) is 0 Å². The Bertz CT molecular complexity index is 419. The summed E-state index contributed by atoms with van der Waals surface area (Å²) in [5.74, 6) is 0.624. The Labute approximate surface area is 120 Å². The van der Waals surface area contributed by atoms with E-state index in [0.29, 0.717) is 31.7 Å². The number of likely N-dealkylation sites (tertiary alicyclic amines) is 1. The summed E-state index contributed by atoms with van der Waals surface area (Å²) in [5, 5.41) is 9.40. The molecule has 5 heteroatoms. The van der Waals surface area contributed by atoms with Gasteiger partial charge < -0.3 is 10.0 Å². The van der Waals surface area contributed by atoms with Crippen LogP contribution in [0, 0.1) is 0 Å². The zero-order chi connectivity index (χ0) is 13.0. The number of carbonyl (C=O) groups excluding carboxylic acids is 1. The zero-order valence-electron chi connectivity index (χ0n) is 10.0. The van der Waals surface area contributed by atoms with Gasteiger partial charge in [0, 0.05) is 22.5 Å². The average molecular weight is 330 g/mol. The topological polar surface area (TPSA) is 40.5 Å². The number of aliphatic hydroxyl groups is 1. The first kappa shape index (κ1) is 13.9. The third kappa shape index (κ3) is 4.00. The van der Waals surface area contributed by atoms with E-state index >= 15 is 0 Å². The standard InChI is InChI=1S/C13H16BrNO2S/c14-10-2-1-3-12(8-10)18-9-13(17)15-6-4-11(16)5-7-15/h1-3,8,11,16H,4-7,9H2. The summed E-state index contributed by atoms with van der Waals surface area (Å²) in [6.07, 6.45) is 1.17. The Morgan fingerprint density at radius 3 is 2.83 bits per heavy atom. The van der Waals surface area contributed by atoms with Crippen molar-refractivity contribution in [2.24, 2.45) is 0 Å². The molecule has 0 radical (unpaired) electrons. The molecule has 1 fully saturated rings. The normalized spacial score (nSPS) is 16.9. The van der Waals surface area contributed by atoms with E-state index in [2.05, 4.69) is 15.9 Å². The minimum atomic E-state index is -0.230. The molecule has 1 saturated heterocycles. The summed E-state index contributed by atoms with van der Waals surface area (Å²) in [5.41, 5.74) is 0. The number of benzene rings is 1. The van der Waals surface area contributed by atoms with E-state index in [-0.39, 0.29) is 12.0 Å². The van der Waals surface area contributed by atoms with Gasteiger partial charge in [-0.2, -0.15) is 0 Å². The van der Waals surface area contributed by atoms with Crippen molar-refractivity contribution in [2.45, 2.75) is 23.8 Å². The van der Waals surface area contributed by atoms with Gasteiger partial charge in [0.2, 0.25) is 5.91 Å². The zero-order valence-corrected chi connectivity index (χ0v) is 12.4. The maximum atomic E-state index is 12.0. The van der Waals surface area contributed by atoms with Crippen LogP contribution in [0.2, 0.25) is 0 Å². The fourth-order valence-corrected chi connectivity index (χ4v) is 3.32. The molecule has 0 atom stereocenters. The van der Waals surface area contributed by atoms with Crippen molar-refractivity contribution in [1.82, 2.24) is 4.90 Å². The molecule has 1 N–H and O–H groups in total. The van der Waals surface area contributed by atoms with Crippen LogP contribution in [-0.2, 0) is 4.79 Å². The Morgan fingerprint density at radius 1 is 1.44 bits per heavy atom. The van der Waals surface area contributed by atoms with Crippen LogP contribution in [0.3, 0.4) is 0 Å². The lowest BCUT2D eigenvalue weighted by atomic mass is 10.1. The van der Waals surface area contributed by atoms with Crippen LogP contribution in [0.25, 0.3) is 0 Å². The number of rotatable bonds is 3. The van der Waals surface area contributed by atoms with E-state index in [4.69, 9.17) is 0 Å². The van der Waals surface area contributed by atoms with Crippen LogP contribution in [0.4, 0.5) is 0 Å². The minimum absolute atomic E-state index is 0.159. The molecule has 1 aromatic rings. The molecule has 0 bridgehead atoms. The molecule has 1 aliphatic rings. The summed E-state index contributed by atoms with van der Waals surface area (Å²) >= 11 is 4.97. The van der Waals surface area contributed by atoms with Gasteiger partial charge in [-0.15, -0.1) is 11.8 Å². The molecule has 0 unspecified atom stereocenters. The van der Waals surface area contributed by atoms with Crippen molar-refractivity contribution in [1.29, 1.82) is 0 Å². The molecule has 1 heterocycles. The molecule has 3 nitrogen and oxygen atoms in total. The van der Waals surface area contributed by atoms with E-state index in [0.717, 1.165) is 9.37 Å². The quantitative estimate of drug-likeness (QED) is 0.866. The molecule has 2 rings (SSSR count). The molecular weight excluding hydrogens is 314 g/mol. The Kier molecular flexibility index (Phi) is 5.09. The molecule has 0 aliphatic carbocycles. The largest absolute Gasteiger partial charge is 0.393 e. The smallest absolute Gasteiger partial charge is 0.232 e. The molecule has 98 valence electrons. The fourth-order valence-electron chi connectivity index (χ4n) is 1.91. The van der Waals surface area contributed by atoms with Crippen LogP contribution in [0.1, 0.15) is 12.8 Å². The molecule has 0 spiro atoms. The number of aliphatic hydroxyl groups excluding tert-OH is 1. The Balaban J connectivity index is 1.81. The second kappa shape index (κ2) is 6.59. The molecule has 18 heavy (non-hydrogen) atoms. The van der Waals surface area contributed by atoms with Crippen LogP contribution in [0.5, 0.6) is 0 Å².